The van der Waals surface area contributed by atoms with Crippen LogP contribution in [0.2, 0.25) is 57.4 Å². The average Bonchev–Trinajstić information content (AvgIpc) is 3.30. The lowest BCUT2D eigenvalue weighted by Crippen LogP contribution is -2.46. The second-order valence-electron chi connectivity index (χ2n) is 14.6. The monoisotopic (exact) mass is 538 g/mol. The molecule has 1 aliphatic carbocycles. The summed E-state index contributed by atoms with van der Waals surface area (Å²) in [4.78, 5) is 14.0. The van der Waals surface area contributed by atoms with E-state index in [9.17, 15) is 4.79 Å². The molecule has 4 rings (SSSR count). The van der Waals surface area contributed by atoms with E-state index in [0.29, 0.717) is 13.2 Å². The van der Waals surface area contributed by atoms with E-state index in [2.05, 4.69) is 73.1 Å². The molecule has 0 saturated carbocycles. The summed E-state index contributed by atoms with van der Waals surface area (Å²) in [5.74, 6) is -1.65. The molecule has 3 saturated heterocycles. The molecule has 0 aromatic rings. The zero-order chi connectivity index (χ0) is 26.6. The predicted octanol–water partition coefficient (Wildman–Crippen LogP) is 5.58. The molecule has 0 N–H and O–H groups in total. The standard InChI is InChI=1S/C26H46O6Si3/c1-24(2,3)35(12,13)29-15-17-20-23(32-25(4,5)31-20)26(30-17)18-16(14-28-26)21(33(6,7)8)19(27)22(18)34(9,10)11/h17,20,23H,14-15H2,1-13H3/t17-,20-,23-,26-/m1/s1. The quantitative estimate of drug-likeness (QED) is 0.426. The molecule has 9 heteroatoms. The number of hydrogen-bond acceptors (Lipinski definition) is 6. The third kappa shape index (κ3) is 4.37. The zero-order valence-corrected chi connectivity index (χ0v) is 27.1. The molecule has 1 spiro atoms. The van der Waals surface area contributed by atoms with E-state index in [1.165, 1.54) is 0 Å². The maximum absolute atomic E-state index is 14.0. The Morgan fingerprint density at radius 2 is 1.49 bits per heavy atom. The van der Waals surface area contributed by atoms with Crippen LogP contribution >= 0.6 is 0 Å². The van der Waals surface area contributed by atoms with E-state index in [4.69, 9.17) is 23.4 Å². The van der Waals surface area contributed by atoms with Gasteiger partial charge in [-0.25, -0.2) is 0 Å². The molecule has 0 bridgehead atoms. The maximum Gasteiger partial charge on any atom is 0.226 e. The number of fused-ring (bicyclic) bond motifs is 4. The van der Waals surface area contributed by atoms with E-state index < -0.39 is 42.1 Å². The van der Waals surface area contributed by atoms with Crippen molar-refractivity contribution in [1.29, 1.82) is 0 Å². The van der Waals surface area contributed by atoms with E-state index in [-0.39, 0.29) is 23.0 Å². The lowest BCUT2D eigenvalue weighted by atomic mass is 9.96. The van der Waals surface area contributed by atoms with Gasteiger partial charge in [0.1, 0.15) is 18.3 Å². The largest absolute Gasteiger partial charge is 0.414 e. The van der Waals surface area contributed by atoms with E-state index in [1.54, 1.807) is 0 Å². The third-order valence-corrected chi connectivity index (χ3v) is 16.7. The minimum atomic E-state index is -2.03. The van der Waals surface area contributed by atoms with Gasteiger partial charge in [0.2, 0.25) is 5.79 Å². The van der Waals surface area contributed by atoms with Crippen molar-refractivity contribution >= 4 is 30.2 Å². The highest BCUT2D eigenvalue weighted by Gasteiger charge is 2.70. The molecule has 4 aliphatic rings. The van der Waals surface area contributed by atoms with Crippen molar-refractivity contribution in [2.75, 3.05) is 13.2 Å². The number of carbonyl (C=O) groups is 1. The summed E-state index contributed by atoms with van der Waals surface area (Å²) in [6.45, 7) is 29.4. The van der Waals surface area contributed by atoms with Crippen molar-refractivity contribution in [1.82, 2.24) is 0 Å². The van der Waals surface area contributed by atoms with Gasteiger partial charge in [0.15, 0.2) is 19.9 Å². The lowest BCUT2D eigenvalue weighted by Gasteiger charge is -2.37. The van der Waals surface area contributed by atoms with Gasteiger partial charge in [-0.15, -0.1) is 0 Å². The molecule has 198 valence electrons. The topological polar surface area (TPSA) is 63.2 Å². The fourth-order valence-corrected chi connectivity index (χ4v) is 10.5. The summed E-state index contributed by atoms with van der Waals surface area (Å²) in [5.41, 5.74) is 2.02. The molecule has 0 amide bonds. The first-order valence-corrected chi connectivity index (χ1v) is 22.9. The van der Waals surface area contributed by atoms with E-state index >= 15 is 0 Å². The van der Waals surface area contributed by atoms with Gasteiger partial charge < -0.3 is 23.4 Å². The van der Waals surface area contributed by atoms with Gasteiger partial charge in [-0.2, -0.15) is 0 Å². The fraction of sp³-hybridized carbons (Fsp3) is 0.808. The van der Waals surface area contributed by atoms with Gasteiger partial charge in [0.05, 0.1) is 29.4 Å². The molecular weight excluding hydrogens is 493 g/mol. The van der Waals surface area contributed by atoms with Crippen LogP contribution in [0.5, 0.6) is 0 Å². The molecule has 6 nitrogen and oxygen atoms in total. The number of carbonyl (C=O) groups excluding carboxylic acids is 1. The van der Waals surface area contributed by atoms with Crippen LogP contribution in [0.15, 0.2) is 21.5 Å². The number of Topliss-reactive ketones (excluding diaryl/α,β-unsaturated/α-hetero) is 1. The van der Waals surface area contributed by atoms with Gasteiger partial charge >= 0.3 is 0 Å². The number of allylic oxidation sites excluding steroid dienone is 2. The van der Waals surface area contributed by atoms with Crippen molar-refractivity contribution in [2.24, 2.45) is 0 Å². The molecule has 3 heterocycles. The second-order valence-corrected chi connectivity index (χ2v) is 29.4. The Morgan fingerprint density at radius 3 is 2.00 bits per heavy atom. The van der Waals surface area contributed by atoms with Crippen LogP contribution in [0, 0.1) is 0 Å². The predicted molar refractivity (Wildman–Crippen MR) is 146 cm³/mol. The summed E-state index contributed by atoms with van der Waals surface area (Å²) in [6.07, 6.45) is -1.11. The smallest absolute Gasteiger partial charge is 0.226 e. The van der Waals surface area contributed by atoms with Crippen molar-refractivity contribution < 1.29 is 28.2 Å². The molecule has 0 aromatic carbocycles. The highest BCUT2D eigenvalue weighted by atomic mass is 28.4. The van der Waals surface area contributed by atoms with Crippen molar-refractivity contribution in [2.45, 2.75) is 122 Å². The highest BCUT2D eigenvalue weighted by Crippen LogP contribution is 2.57. The Hall–Kier alpha value is -0.399. The van der Waals surface area contributed by atoms with Gasteiger partial charge in [-0.05, 0) is 47.9 Å². The average molecular weight is 539 g/mol. The van der Waals surface area contributed by atoms with Crippen LogP contribution in [-0.2, 0) is 28.2 Å². The number of ketones is 1. The van der Waals surface area contributed by atoms with Gasteiger partial charge in [0.25, 0.3) is 0 Å². The SMILES string of the molecule is CC1(C)O[C@H]2[C@@H](O1)[C@]1(OCC3=C([Si](C)(C)C)C(=O)C([Si](C)(C)C)=C31)O[C@@H]2CO[Si](C)(C)C(C)(C)C. The molecular formula is C26H46O6Si3. The normalized spacial score (nSPS) is 33.4. The minimum absolute atomic E-state index is 0.0897. The summed E-state index contributed by atoms with van der Waals surface area (Å²) in [5, 5.41) is 2.04. The Morgan fingerprint density at radius 1 is 0.914 bits per heavy atom. The first-order valence-electron chi connectivity index (χ1n) is 13.0. The number of ether oxygens (including phenoxy) is 4. The maximum atomic E-state index is 14.0. The molecule has 35 heavy (non-hydrogen) atoms. The van der Waals surface area contributed by atoms with Gasteiger partial charge in [-0.3, -0.25) is 4.79 Å². The van der Waals surface area contributed by atoms with E-state index in [0.717, 1.165) is 21.5 Å². The van der Waals surface area contributed by atoms with Gasteiger partial charge in [-0.1, -0.05) is 60.1 Å². The highest BCUT2D eigenvalue weighted by molar-refractivity contribution is 6.94. The van der Waals surface area contributed by atoms with Crippen LogP contribution in [-0.4, -0.2) is 73.3 Å². The Balaban J connectivity index is 1.81. The lowest BCUT2D eigenvalue weighted by molar-refractivity contribution is -0.264. The Kier molecular flexibility index (Phi) is 6.36. The minimum Gasteiger partial charge on any atom is -0.414 e. The molecule has 0 unspecified atom stereocenters. The van der Waals surface area contributed by atoms with Crippen LogP contribution in [0.3, 0.4) is 0 Å². The van der Waals surface area contributed by atoms with Crippen molar-refractivity contribution in [3.8, 4) is 0 Å². The van der Waals surface area contributed by atoms with Crippen LogP contribution in [0.4, 0.5) is 0 Å². The molecule has 0 radical (unpaired) electrons. The molecule has 0 aromatic heterocycles. The summed E-state index contributed by atoms with van der Waals surface area (Å²) < 4.78 is 33.0. The fourth-order valence-electron chi connectivity index (χ4n) is 5.61. The first-order chi connectivity index (χ1) is 15.6. The van der Waals surface area contributed by atoms with Crippen LogP contribution < -0.4 is 0 Å². The number of rotatable bonds is 5. The molecule has 3 fully saturated rings. The van der Waals surface area contributed by atoms with Crippen LogP contribution in [0.1, 0.15) is 34.6 Å². The van der Waals surface area contributed by atoms with Crippen LogP contribution in [0.25, 0.3) is 0 Å². The molecule has 3 aliphatic heterocycles. The van der Waals surface area contributed by atoms with Gasteiger partial charge in [0, 0.05) is 5.57 Å². The zero-order valence-electron chi connectivity index (χ0n) is 24.1. The third-order valence-electron chi connectivity index (χ3n) is 8.20. The van der Waals surface area contributed by atoms with Crippen molar-refractivity contribution in [3.63, 3.8) is 0 Å². The van der Waals surface area contributed by atoms with Crippen molar-refractivity contribution in [3.05, 3.63) is 21.5 Å². The summed E-state index contributed by atoms with van der Waals surface area (Å²) >= 11 is 0. The summed E-state index contributed by atoms with van der Waals surface area (Å²) in [7, 11) is -5.95. The second kappa shape index (κ2) is 8.05. The molecule has 4 atom stereocenters. The number of hydrogen-bond donors (Lipinski definition) is 0. The summed E-state index contributed by atoms with van der Waals surface area (Å²) in [6, 6.07) is 0. The van der Waals surface area contributed by atoms with E-state index in [1.807, 2.05) is 13.8 Å². The first kappa shape index (κ1) is 27.6. The Bertz CT molecular complexity index is 992. The Labute approximate surface area is 214 Å².